The van der Waals surface area contributed by atoms with E-state index in [2.05, 4.69) is 5.32 Å². The van der Waals surface area contributed by atoms with E-state index in [9.17, 15) is 9.90 Å². The summed E-state index contributed by atoms with van der Waals surface area (Å²) in [5.74, 6) is 0.483. The number of hydrogen-bond acceptors (Lipinski definition) is 7. The van der Waals surface area contributed by atoms with Crippen LogP contribution in [0.1, 0.15) is 25.0 Å². The van der Waals surface area contributed by atoms with Crippen LogP contribution >= 0.6 is 11.8 Å². The van der Waals surface area contributed by atoms with Crippen molar-refractivity contribution in [3.05, 3.63) is 54.1 Å². The summed E-state index contributed by atoms with van der Waals surface area (Å²) in [7, 11) is 0. The van der Waals surface area contributed by atoms with E-state index < -0.39 is 18.3 Å². The Hall–Kier alpha value is -2.26. The van der Waals surface area contributed by atoms with Crippen LogP contribution in [-0.2, 0) is 9.47 Å². The molecule has 1 amide bonds. The Balaban J connectivity index is 2.25. The summed E-state index contributed by atoms with van der Waals surface area (Å²) < 4.78 is 17.1. The first-order valence-electron chi connectivity index (χ1n) is 9.79. The maximum absolute atomic E-state index is 12.7. The number of carbonyl (C=O) groups is 1. The van der Waals surface area contributed by atoms with Crippen molar-refractivity contribution in [2.75, 3.05) is 38.0 Å². The van der Waals surface area contributed by atoms with Gasteiger partial charge in [0.15, 0.2) is 6.10 Å². The van der Waals surface area contributed by atoms with E-state index in [-0.39, 0.29) is 26.2 Å². The summed E-state index contributed by atoms with van der Waals surface area (Å²) in [4.78, 5) is 13.7. The van der Waals surface area contributed by atoms with Gasteiger partial charge in [-0.1, -0.05) is 18.2 Å². The SMILES string of the molecule is CCO[C@@H](CCO)[C@@H](OC(=O)Nc1ccc(SC)cc1)c1ccccc1OCCO. The molecule has 7 nitrogen and oxygen atoms in total. The van der Waals surface area contributed by atoms with Crippen molar-refractivity contribution in [2.24, 2.45) is 0 Å². The minimum atomic E-state index is -0.808. The maximum atomic E-state index is 12.7. The van der Waals surface area contributed by atoms with E-state index in [4.69, 9.17) is 19.3 Å². The van der Waals surface area contributed by atoms with Gasteiger partial charge in [-0.05, 0) is 43.5 Å². The van der Waals surface area contributed by atoms with Crippen LogP contribution in [0.25, 0.3) is 0 Å². The number of aliphatic hydroxyl groups excluding tert-OH is 2. The van der Waals surface area contributed by atoms with Gasteiger partial charge in [-0.15, -0.1) is 11.8 Å². The standard InChI is InChI=1S/C22H29NO6S/c1-3-27-20(12-13-24)21(18-6-4-5-7-19(18)28-15-14-25)29-22(26)23-16-8-10-17(30-2)11-9-16/h4-11,20-21,24-25H,3,12-15H2,1-2H3,(H,23,26)/t20-,21-/m0/s1. The van der Waals surface area contributed by atoms with E-state index >= 15 is 0 Å². The lowest BCUT2D eigenvalue weighted by Gasteiger charge is -2.28. The van der Waals surface area contributed by atoms with Gasteiger partial charge in [-0.25, -0.2) is 4.79 Å². The van der Waals surface area contributed by atoms with E-state index in [1.807, 2.05) is 25.3 Å². The van der Waals surface area contributed by atoms with Gasteiger partial charge in [0.25, 0.3) is 0 Å². The summed E-state index contributed by atoms with van der Waals surface area (Å²) in [6.45, 7) is 2.07. The zero-order chi connectivity index (χ0) is 21.8. The van der Waals surface area contributed by atoms with Gasteiger partial charge in [0, 0.05) is 35.8 Å². The zero-order valence-electron chi connectivity index (χ0n) is 17.2. The highest BCUT2D eigenvalue weighted by Crippen LogP contribution is 2.33. The molecule has 3 N–H and O–H groups in total. The Morgan fingerprint density at radius 3 is 2.47 bits per heavy atom. The molecule has 2 aromatic rings. The van der Waals surface area contributed by atoms with Crippen LogP contribution in [0.15, 0.2) is 53.4 Å². The number of nitrogens with one attached hydrogen (secondary N) is 1. The average molecular weight is 436 g/mol. The molecule has 2 atom stereocenters. The van der Waals surface area contributed by atoms with Crippen molar-refractivity contribution in [1.29, 1.82) is 0 Å². The van der Waals surface area contributed by atoms with Crippen molar-refractivity contribution >= 4 is 23.5 Å². The summed E-state index contributed by atoms with van der Waals surface area (Å²) in [5.41, 5.74) is 1.21. The largest absolute Gasteiger partial charge is 0.491 e. The van der Waals surface area contributed by atoms with Crippen molar-refractivity contribution in [3.63, 3.8) is 0 Å². The fourth-order valence-electron chi connectivity index (χ4n) is 2.94. The molecule has 2 rings (SSSR count). The molecule has 0 heterocycles. The smallest absolute Gasteiger partial charge is 0.412 e. The summed E-state index contributed by atoms with van der Waals surface area (Å²) >= 11 is 1.61. The average Bonchev–Trinajstić information content (AvgIpc) is 2.77. The molecule has 0 spiro atoms. The molecular weight excluding hydrogens is 406 g/mol. The third kappa shape index (κ3) is 7.21. The van der Waals surface area contributed by atoms with Crippen LogP contribution in [0.2, 0.25) is 0 Å². The Morgan fingerprint density at radius 1 is 1.10 bits per heavy atom. The predicted molar refractivity (Wildman–Crippen MR) is 117 cm³/mol. The number of rotatable bonds is 12. The summed E-state index contributed by atoms with van der Waals surface area (Å²) in [5, 5.41) is 21.3. The molecule has 2 aromatic carbocycles. The first kappa shape index (κ1) is 24.0. The number of benzene rings is 2. The third-order valence-corrected chi connectivity index (χ3v) is 5.02. The molecule has 0 bridgehead atoms. The topological polar surface area (TPSA) is 97.2 Å². The number of amides is 1. The lowest BCUT2D eigenvalue weighted by molar-refractivity contribution is -0.0493. The fourth-order valence-corrected chi connectivity index (χ4v) is 3.35. The first-order valence-corrected chi connectivity index (χ1v) is 11.0. The van der Waals surface area contributed by atoms with Crippen LogP contribution in [0.4, 0.5) is 10.5 Å². The fraction of sp³-hybridized carbons (Fsp3) is 0.409. The quantitative estimate of drug-likeness (QED) is 0.436. The summed E-state index contributed by atoms with van der Waals surface area (Å²) in [6, 6.07) is 14.5. The van der Waals surface area contributed by atoms with E-state index in [1.54, 1.807) is 48.2 Å². The highest BCUT2D eigenvalue weighted by Gasteiger charge is 2.30. The predicted octanol–water partition coefficient (Wildman–Crippen LogP) is 3.86. The normalized spacial score (nSPS) is 12.8. The van der Waals surface area contributed by atoms with Gasteiger partial charge in [-0.2, -0.15) is 0 Å². The van der Waals surface area contributed by atoms with Gasteiger partial charge in [0.05, 0.1) is 6.61 Å². The molecule has 0 aliphatic heterocycles. The number of anilines is 1. The highest BCUT2D eigenvalue weighted by atomic mass is 32.2. The zero-order valence-corrected chi connectivity index (χ0v) is 18.1. The summed E-state index contributed by atoms with van der Waals surface area (Å²) in [6.07, 6.45) is 0.243. The van der Waals surface area contributed by atoms with Gasteiger partial charge in [-0.3, -0.25) is 5.32 Å². The molecule has 164 valence electrons. The Labute approximate surface area is 181 Å². The van der Waals surface area contributed by atoms with Crippen molar-refractivity contribution in [3.8, 4) is 5.75 Å². The van der Waals surface area contributed by atoms with E-state index in [0.717, 1.165) is 4.90 Å². The molecule has 0 saturated heterocycles. The molecule has 0 radical (unpaired) electrons. The highest BCUT2D eigenvalue weighted by molar-refractivity contribution is 7.98. The molecule has 0 aliphatic rings. The Kier molecular flexibility index (Phi) is 10.5. The minimum Gasteiger partial charge on any atom is -0.491 e. The number of carbonyl (C=O) groups excluding carboxylic acids is 1. The lowest BCUT2D eigenvalue weighted by atomic mass is 10.0. The number of thioether (sulfide) groups is 1. The van der Waals surface area contributed by atoms with Crippen molar-refractivity contribution in [1.82, 2.24) is 0 Å². The molecule has 0 saturated carbocycles. The second kappa shape index (κ2) is 13.1. The van der Waals surface area contributed by atoms with Crippen molar-refractivity contribution < 1.29 is 29.2 Å². The Bertz CT molecular complexity index is 764. The lowest BCUT2D eigenvalue weighted by Crippen LogP contribution is -2.30. The second-order valence-corrected chi connectivity index (χ2v) is 7.18. The molecule has 0 aromatic heterocycles. The van der Waals surface area contributed by atoms with E-state index in [0.29, 0.717) is 23.6 Å². The molecule has 0 unspecified atom stereocenters. The molecule has 30 heavy (non-hydrogen) atoms. The van der Waals surface area contributed by atoms with Gasteiger partial charge in [0.1, 0.15) is 18.5 Å². The molecule has 0 fully saturated rings. The monoisotopic (exact) mass is 435 g/mol. The van der Waals surface area contributed by atoms with E-state index in [1.165, 1.54) is 0 Å². The molecule has 0 aliphatic carbocycles. The van der Waals surface area contributed by atoms with Gasteiger partial charge < -0.3 is 24.4 Å². The number of ether oxygens (including phenoxy) is 3. The minimum absolute atomic E-state index is 0.108. The number of aliphatic hydroxyl groups is 2. The van der Waals surface area contributed by atoms with Crippen LogP contribution in [-0.4, -0.2) is 55.1 Å². The maximum Gasteiger partial charge on any atom is 0.412 e. The second-order valence-electron chi connectivity index (χ2n) is 6.30. The van der Waals surface area contributed by atoms with Crippen LogP contribution in [0, 0.1) is 0 Å². The van der Waals surface area contributed by atoms with Crippen LogP contribution in [0.5, 0.6) is 5.75 Å². The molecular formula is C22H29NO6S. The Morgan fingerprint density at radius 2 is 1.83 bits per heavy atom. The van der Waals surface area contributed by atoms with Crippen LogP contribution in [0.3, 0.4) is 0 Å². The number of para-hydroxylation sites is 1. The first-order chi connectivity index (χ1) is 14.6. The third-order valence-electron chi connectivity index (χ3n) is 4.28. The number of hydrogen-bond donors (Lipinski definition) is 3. The molecule has 8 heteroatoms. The van der Waals surface area contributed by atoms with Gasteiger partial charge >= 0.3 is 6.09 Å². The van der Waals surface area contributed by atoms with Crippen molar-refractivity contribution in [2.45, 2.75) is 30.4 Å². The van der Waals surface area contributed by atoms with Crippen LogP contribution < -0.4 is 10.1 Å². The van der Waals surface area contributed by atoms with Gasteiger partial charge in [0.2, 0.25) is 0 Å².